The van der Waals surface area contributed by atoms with E-state index in [1.807, 2.05) is 14.1 Å². The Morgan fingerprint density at radius 3 is 2.76 bits per heavy atom. The van der Waals surface area contributed by atoms with Crippen LogP contribution in [0.1, 0.15) is 0 Å². The van der Waals surface area contributed by atoms with Gasteiger partial charge in [-0.1, -0.05) is 0 Å². The monoisotopic (exact) mass is 316 g/mol. The molecule has 0 atom stereocenters. The van der Waals surface area contributed by atoms with E-state index in [9.17, 15) is 4.57 Å². The van der Waals surface area contributed by atoms with Crippen molar-refractivity contribution < 1.29 is 19.1 Å². The van der Waals surface area contributed by atoms with Gasteiger partial charge in [0.25, 0.3) is 0 Å². The quantitative estimate of drug-likeness (QED) is 0.480. The summed E-state index contributed by atoms with van der Waals surface area (Å²) >= 11 is 0. The van der Waals surface area contributed by atoms with Gasteiger partial charge in [0, 0.05) is 20.6 Å². The van der Waals surface area contributed by atoms with Crippen LogP contribution in [0.25, 0.3) is 11.2 Å². The van der Waals surface area contributed by atoms with Crippen molar-refractivity contribution >= 4 is 30.5 Å². The molecule has 21 heavy (non-hydrogen) atoms. The second-order valence-corrected chi connectivity index (χ2v) is 6.20. The Hall–Kier alpha value is -1.74. The Morgan fingerprint density at radius 1 is 1.43 bits per heavy atom. The summed E-state index contributed by atoms with van der Waals surface area (Å²) in [4.78, 5) is 31.6. The first-order chi connectivity index (χ1) is 9.78. The average Bonchev–Trinajstić information content (AvgIpc) is 2.75. The van der Waals surface area contributed by atoms with E-state index in [4.69, 9.17) is 20.3 Å². The predicted molar refractivity (Wildman–Crippen MR) is 76.9 cm³/mol. The number of rotatable bonds is 6. The van der Waals surface area contributed by atoms with Crippen LogP contribution in [0.4, 0.5) is 11.8 Å². The van der Waals surface area contributed by atoms with Gasteiger partial charge in [-0.3, -0.25) is 4.57 Å². The SMILES string of the molecule is CN(C)c1nc(N)nc2ncn(CCOCP(=O)(O)O)c12. The van der Waals surface area contributed by atoms with Crippen molar-refractivity contribution in [3.63, 3.8) is 0 Å². The molecule has 0 spiro atoms. The third-order valence-corrected chi connectivity index (χ3v) is 3.15. The molecule has 0 saturated carbocycles. The molecule has 4 N–H and O–H groups in total. The lowest BCUT2D eigenvalue weighted by molar-refractivity contribution is 0.149. The highest BCUT2D eigenvalue weighted by atomic mass is 31.2. The molecule has 11 heteroatoms. The van der Waals surface area contributed by atoms with Crippen molar-refractivity contribution in [2.24, 2.45) is 0 Å². The molecule has 2 heterocycles. The van der Waals surface area contributed by atoms with Crippen molar-refractivity contribution in [3.8, 4) is 0 Å². The van der Waals surface area contributed by atoms with Crippen LogP contribution in [0.3, 0.4) is 0 Å². The highest BCUT2D eigenvalue weighted by Crippen LogP contribution is 2.33. The van der Waals surface area contributed by atoms with Crippen molar-refractivity contribution in [2.45, 2.75) is 6.54 Å². The van der Waals surface area contributed by atoms with Crippen LogP contribution < -0.4 is 10.6 Å². The fraction of sp³-hybridized carbons (Fsp3) is 0.500. The van der Waals surface area contributed by atoms with Gasteiger partial charge >= 0.3 is 7.60 Å². The molecule has 0 unspecified atom stereocenters. The average molecular weight is 316 g/mol. The number of hydrogen-bond acceptors (Lipinski definition) is 7. The summed E-state index contributed by atoms with van der Waals surface area (Å²) in [6.45, 7) is 0.498. The highest BCUT2D eigenvalue weighted by Gasteiger charge is 2.15. The third kappa shape index (κ3) is 3.88. The molecule has 0 bridgehead atoms. The summed E-state index contributed by atoms with van der Waals surface area (Å²) in [5, 5.41) is 0. The van der Waals surface area contributed by atoms with Crippen molar-refractivity contribution in [2.75, 3.05) is 37.7 Å². The summed E-state index contributed by atoms with van der Waals surface area (Å²) < 4.78 is 17.4. The smallest absolute Gasteiger partial charge is 0.350 e. The molecule has 0 saturated heterocycles. The van der Waals surface area contributed by atoms with Gasteiger partial charge in [0.05, 0.1) is 12.9 Å². The normalized spacial score (nSPS) is 12.0. The fourth-order valence-electron chi connectivity index (χ4n) is 1.80. The van der Waals surface area contributed by atoms with E-state index in [2.05, 4.69) is 15.0 Å². The van der Waals surface area contributed by atoms with Crippen LogP contribution in [0.15, 0.2) is 6.33 Å². The fourth-order valence-corrected chi connectivity index (χ4v) is 2.17. The molecule has 10 nitrogen and oxygen atoms in total. The Kier molecular flexibility index (Phi) is 4.43. The van der Waals surface area contributed by atoms with E-state index in [1.165, 1.54) is 0 Å². The molecular formula is C10H17N6O4P. The number of fused-ring (bicyclic) bond motifs is 1. The van der Waals surface area contributed by atoms with Crippen molar-refractivity contribution in [1.29, 1.82) is 0 Å². The second-order valence-electron chi connectivity index (χ2n) is 4.61. The third-order valence-electron chi connectivity index (χ3n) is 2.63. The maximum absolute atomic E-state index is 10.7. The number of nitrogens with two attached hydrogens (primary N) is 1. The largest absolute Gasteiger partial charge is 0.368 e. The summed E-state index contributed by atoms with van der Waals surface area (Å²) in [5.41, 5.74) is 6.78. The maximum Gasteiger partial charge on any atom is 0.350 e. The molecule has 2 aromatic rings. The molecule has 0 amide bonds. The zero-order valence-electron chi connectivity index (χ0n) is 11.7. The van der Waals surface area contributed by atoms with E-state index in [1.54, 1.807) is 15.8 Å². The Balaban J connectivity index is 2.19. The lowest BCUT2D eigenvalue weighted by Crippen LogP contribution is -2.15. The maximum atomic E-state index is 10.7. The van der Waals surface area contributed by atoms with Gasteiger partial charge in [0.2, 0.25) is 5.95 Å². The first-order valence-corrected chi connectivity index (χ1v) is 7.85. The van der Waals surface area contributed by atoms with Crippen LogP contribution in [0.2, 0.25) is 0 Å². The Labute approximate surface area is 120 Å². The number of hydrogen-bond donors (Lipinski definition) is 3. The topological polar surface area (TPSA) is 140 Å². The molecule has 0 fully saturated rings. The molecule has 0 aliphatic carbocycles. The Morgan fingerprint density at radius 2 is 2.14 bits per heavy atom. The van der Waals surface area contributed by atoms with Crippen LogP contribution >= 0.6 is 7.60 Å². The predicted octanol–water partition coefficient (Wildman–Crippen LogP) is -0.374. The van der Waals surface area contributed by atoms with E-state index < -0.39 is 13.9 Å². The van der Waals surface area contributed by atoms with Crippen molar-refractivity contribution in [1.82, 2.24) is 19.5 Å². The standard InChI is InChI=1S/C10H17N6O4P/c1-15(2)9-7-8(13-10(11)14-9)12-5-16(7)3-4-20-6-21(17,18)19/h5H,3-4,6H2,1-2H3,(H2,11,13,14)(H2,17,18,19). The molecule has 0 aliphatic rings. The van der Waals surface area contributed by atoms with Gasteiger partial charge in [-0.2, -0.15) is 9.97 Å². The molecule has 2 rings (SSSR count). The number of ether oxygens (including phenoxy) is 1. The summed E-state index contributed by atoms with van der Waals surface area (Å²) in [7, 11) is -0.504. The zero-order chi connectivity index (χ0) is 15.6. The number of nitrogens with zero attached hydrogens (tertiary/aromatic N) is 5. The van der Waals surface area contributed by atoms with Gasteiger partial charge in [-0.15, -0.1) is 0 Å². The first kappa shape index (κ1) is 15.6. The number of imidazole rings is 1. The summed E-state index contributed by atoms with van der Waals surface area (Å²) in [6.07, 6.45) is 0.955. The minimum atomic E-state index is -4.15. The van der Waals surface area contributed by atoms with E-state index in [0.29, 0.717) is 23.5 Å². The second kappa shape index (κ2) is 5.94. The lowest BCUT2D eigenvalue weighted by Gasteiger charge is -2.14. The van der Waals surface area contributed by atoms with Gasteiger partial charge in [0.15, 0.2) is 11.5 Å². The number of nitrogen functional groups attached to an aromatic ring is 1. The number of anilines is 2. The van der Waals surface area contributed by atoms with Crippen molar-refractivity contribution in [3.05, 3.63) is 6.33 Å². The van der Waals surface area contributed by atoms with Gasteiger partial charge in [-0.25, -0.2) is 4.98 Å². The molecule has 0 aliphatic heterocycles. The first-order valence-electron chi connectivity index (χ1n) is 6.06. The molecule has 116 valence electrons. The van der Waals surface area contributed by atoms with Crippen LogP contribution in [0.5, 0.6) is 0 Å². The van der Waals surface area contributed by atoms with Gasteiger partial charge < -0.3 is 29.7 Å². The van der Waals surface area contributed by atoms with E-state index >= 15 is 0 Å². The van der Waals surface area contributed by atoms with Gasteiger partial charge in [-0.05, 0) is 0 Å². The minimum absolute atomic E-state index is 0.133. The van der Waals surface area contributed by atoms with E-state index in [-0.39, 0.29) is 12.6 Å². The van der Waals surface area contributed by atoms with Gasteiger partial charge in [0.1, 0.15) is 11.9 Å². The number of aromatic nitrogens is 4. The minimum Gasteiger partial charge on any atom is -0.368 e. The van der Waals surface area contributed by atoms with Crippen LogP contribution in [-0.2, 0) is 15.8 Å². The van der Waals surface area contributed by atoms with Crippen LogP contribution in [-0.4, -0.2) is 56.4 Å². The van der Waals surface area contributed by atoms with Crippen LogP contribution in [0, 0.1) is 0 Å². The molecular weight excluding hydrogens is 299 g/mol. The summed E-state index contributed by atoms with van der Waals surface area (Å²) in [6, 6.07) is 0. The lowest BCUT2D eigenvalue weighted by atomic mass is 10.4. The van der Waals surface area contributed by atoms with E-state index in [0.717, 1.165) is 0 Å². The zero-order valence-corrected chi connectivity index (χ0v) is 12.6. The molecule has 2 aromatic heterocycles. The molecule has 0 radical (unpaired) electrons. The highest BCUT2D eigenvalue weighted by molar-refractivity contribution is 7.51. The molecule has 0 aromatic carbocycles. The Bertz CT molecular complexity index is 681. The summed E-state index contributed by atoms with van der Waals surface area (Å²) in [5.74, 6) is 0.749.